The molecule has 0 atom stereocenters. The van der Waals surface area contributed by atoms with E-state index in [0.717, 1.165) is 5.56 Å². The third-order valence-electron chi connectivity index (χ3n) is 1.99. The van der Waals surface area contributed by atoms with Crippen molar-refractivity contribution in [1.82, 2.24) is 10.4 Å². The number of rotatable bonds is 5. The molecule has 0 saturated carbocycles. The number of hydrogen-bond acceptors (Lipinski definition) is 5. The Balaban J connectivity index is 2.53. The van der Waals surface area contributed by atoms with E-state index in [2.05, 4.69) is 5.43 Å². The third kappa shape index (κ3) is 3.75. The summed E-state index contributed by atoms with van der Waals surface area (Å²) >= 11 is 0. The maximum absolute atomic E-state index is 9.28. The average Bonchev–Trinajstić information content (AvgIpc) is 2.20. The molecule has 0 fully saturated rings. The Bertz CT molecular complexity index is 318. The summed E-state index contributed by atoms with van der Waals surface area (Å²) in [4.78, 5) is 0. The van der Waals surface area contributed by atoms with E-state index in [1.54, 1.807) is 6.07 Å². The van der Waals surface area contributed by atoms with E-state index < -0.39 is 0 Å². The summed E-state index contributed by atoms with van der Waals surface area (Å²) in [6, 6.07) is 4.77. The van der Waals surface area contributed by atoms with Crippen LogP contribution in [0.15, 0.2) is 18.2 Å². The van der Waals surface area contributed by atoms with Crippen LogP contribution in [0.25, 0.3) is 0 Å². The van der Waals surface area contributed by atoms with E-state index >= 15 is 0 Å². The van der Waals surface area contributed by atoms with E-state index in [-0.39, 0.29) is 11.5 Å². The largest absolute Gasteiger partial charge is 0.504 e. The van der Waals surface area contributed by atoms with Gasteiger partial charge in [0.1, 0.15) is 0 Å². The average molecular weight is 211 g/mol. The zero-order chi connectivity index (χ0) is 11.3. The molecule has 0 aliphatic rings. The molecule has 0 saturated heterocycles. The number of phenols is 2. The van der Waals surface area contributed by atoms with Crippen molar-refractivity contribution < 1.29 is 10.2 Å². The molecular formula is C10H17N3O2. The number of nitrogens with zero attached hydrogens (tertiary/aromatic N) is 1. The molecule has 0 amide bonds. The summed E-state index contributed by atoms with van der Waals surface area (Å²) in [5.74, 6) is -0.198. The van der Waals surface area contributed by atoms with E-state index in [4.69, 9.17) is 10.8 Å². The smallest absolute Gasteiger partial charge is 0.157 e. The molecule has 0 bridgehead atoms. The molecule has 0 spiro atoms. The first kappa shape index (κ1) is 11.8. The van der Waals surface area contributed by atoms with Crippen LogP contribution in [0, 0.1) is 0 Å². The fraction of sp³-hybridized carbons (Fsp3) is 0.400. The van der Waals surface area contributed by atoms with Crippen molar-refractivity contribution in [1.29, 1.82) is 0 Å². The molecule has 84 valence electrons. The first-order valence-corrected chi connectivity index (χ1v) is 4.79. The van der Waals surface area contributed by atoms with Crippen LogP contribution in [0.5, 0.6) is 11.5 Å². The molecule has 0 aromatic heterocycles. The van der Waals surface area contributed by atoms with Crippen molar-refractivity contribution in [3.63, 3.8) is 0 Å². The summed E-state index contributed by atoms with van der Waals surface area (Å²) in [6.45, 7) is 1.92. The van der Waals surface area contributed by atoms with Crippen LogP contribution >= 0.6 is 0 Å². The minimum absolute atomic E-state index is 0.0975. The van der Waals surface area contributed by atoms with Crippen molar-refractivity contribution in [2.45, 2.75) is 6.54 Å². The Morgan fingerprint density at radius 2 is 2.07 bits per heavy atom. The van der Waals surface area contributed by atoms with Gasteiger partial charge >= 0.3 is 0 Å². The van der Waals surface area contributed by atoms with E-state index in [0.29, 0.717) is 19.6 Å². The van der Waals surface area contributed by atoms with Crippen LogP contribution < -0.4 is 11.2 Å². The number of nitrogens with one attached hydrogen (secondary N) is 1. The molecular weight excluding hydrogens is 194 g/mol. The number of hydrogen-bond donors (Lipinski definition) is 4. The van der Waals surface area contributed by atoms with E-state index in [1.165, 1.54) is 12.1 Å². The highest BCUT2D eigenvalue weighted by molar-refractivity contribution is 5.40. The highest BCUT2D eigenvalue weighted by Crippen LogP contribution is 2.24. The maximum atomic E-state index is 9.28. The van der Waals surface area contributed by atoms with E-state index in [1.807, 2.05) is 12.1 Å². The van der Waals surface area contributed by atoms with Crippen molar-refractivity contribution in [3.8, 4) is 11.5 Å². The maximum Gasteiger partial charge on any atom is 0.157 e. The predicted molar refractivity (Wildman–Crippen MR) is 58.3 cm³/mol. The van der Waals surface area contributed by atoms with Gasteiger partial charge < -0.3 is 15.9 Å². The Morgan fingerprint density at radius 3 is 2.67 bits per heavy atom. The zero-order valence-corrected chi connectivity index (χ0v) is 8.77. The minimum atomic E-state index is -0.101. The number of phenolic OH excluding ortho intramolecular Hbond substituents is 2. The molecule has 5 N–H and O–H groups in total. The van der Waals surface area contributed by atoms with Crippen LogP contribution in [-0.2, 0) is 6.54 Å². The number of nitrogens with two attached hydrogens (primary N) is 1. The lowest BCUT2D eigenvalue weighted by atomic mass is 10.2. The standard InChI is InChI=1S/C10H17N3O2/c1-13(12-5-4-11)7-8-2-3-9(14)10(15)6-8/h2-3,6,12,14-15H,4-5,7,11H2,1H3. The summed E-state index contributed by atoms with van der Waals surface area (Å²) in [5, 5.41) is 20.3. The van der Waals surface area contributed by atoms with Gasteiger partial charge in [0.2, 0.25) is 0 Å². The molecule has 1 aromatic carbocycles. The summed E-state index contributed by atoms with van der Waals surface area (Å²) in [6.07, 6.45) is 0. The van der Waals surface area contributed by atoms with Crippen LogP contribution in [-0.4, -0.2) is 35.4 Å². The van der Waals surface area contributed by atoms with Gasteiger partial charge in [-0.1, -0.05) is 6.07 Å². The first-order valence-electron chi connectivity index (χ1n) is 4.79. The molecule has 5 nitrogen and oxygen atoms in total. The molecule has 15 heavy (non-hydrogen) atoms. The SMILES string of the molecule is CN(Cc1ccc(O)c(O)c1)NCCN. The number of benzene rings is 1. The Labute approximate surface area is 89.1 Å². The Kier molecular flexibility index (Phi) is 4.36. The lowest BCUT2D eigenvalue weighted by molar-refractivity contribution is 0.229. The van der Waals surface area contributed by atoms with Crippen LogP contribution in [0.3, 0.4) is 0 Å². The first-order chi connectivity index (χ1) is 7.13. The monoisotopic (exact) mass is 211 g/mol. The second-order valence-corrected chi connectivity index (χ2v) is 3.38. The van der Waals surface area contributed by atoms with Gasteiger partial charge in [-0.3, -0.25) is 5.43 Å². The molecule has 1 aromatic rings. The predicted octanol–water partition coefficient (Wildman–Crippen LogP) is -0.00710. The fourth-order valence-corrected chi connectivity index (χ4v) is 1.25. The Morgan fingerprint density at radius 1 is 1.33 bits per heavy atom. The highest BCUT2D eigenvalue weighted by Gasteiger charge is 2.03. The minimum Gasteiger partial charge on any atom is -0.504 e. The molecule has 0 heterocycles. The van der Waals surface area contributed by atoms with Gasteiger partial charge in [0, 0.05) is 26.7 Å². The van der Waals surface area contributed by atoms with Crippen molar-refractivity contribution >= 4 is 0 Å². The second-order valence-electron chi connectivity index (χ2n) is 3.38. The third-order valence-corrected chi connectivity index (χ3v) is 1.99. The van der Waals surface area contributed by atoms with Gasteiger partial charge in [0.25, 0.3) is 0 Å². The Hall–Kier alpha value is -1.30. The molecule has 0 aliphatic carbocycles. The van der Waals surface area contributed by atoms with Crippen molar-refractivity contribution in [2.75, 3.05) is 20.1 Å². The quantitative estimate of drug-likeness (QED) is 0.407. The molecule has 5 heteroatoms. The summed E-state index contributed by atoms with van der Waals surface area (Å²) < 4.78 is 0. The van der Waals surface area contributed by atoms with Crippen molar-refractivity contribution in [2.24, 2.45) is 5.73 Å². The molecule has 0 radical (unpaired) electrons. The summed E-state index contributed by atoms with van der Waals surface area (Å²) in [5.41, 5.74) is 9.35. The van der Waals surface area contributed by atoms with Gasteiger partial charge in [-0.05, 0) is 17.7 Å². The van der Waals surface area contributed by atoms with Crippen LogP contribution in [0.2, 0.25) is 0 Å². The molecule has 1 rings (SSSR count). The number of aromatic hydroxyl groups is 2. The zero-order valence-electron chi connectivity index (χ0n) is 8.77. The lowest BCUT2D eigenvalue weighted by Crippen LogP contribution is -2.37. The van der Waals surface area contributed by atoms with Gasteiger partial charge in [-0.15, -0.1) is 0 Å². The number of hydrazine groups is 1. The molecule has 0 aliphatic heterocycles. The van der Waals surface area contributed by atoms with Gasteiger partial charge in [-0.2, -0.15) is 0 Å². The van der Waals surface area contributed by atoms with Gasteiger partial charge in [0.05, 0.1) is 0 Å². The van der Waals surface area contributed by atoms with Crippen molar-refractivity contribution in [3.05, 3.63) is 23.8 Å². The topological polar surface area (TPSA) is 81.8 Å². The lowest BCUT2D eigenvalue weighted by Gasteiger charge is -2.17. The molecule has 0 unspecified atom stereocenters. The normalized spacial score (nSPS) is 10.9. The van der Waals surface area contributed by atoms with Crippen LogP contribution in [0.1, 0.15) is 5.56 Å². The van der Waals surface area contributed by atoms with Gasteiger partial charge in [0.15, 0.2) is 11.5 Å². The van der Waals surface area contributed by atoms with Gasteiger partial charge in [-0.25, -0.2) is 5.01 Å². The van der Waals surface area contributed by atoms with Crippen LogP contribution in [0.4, 0.5) is 0 Å². The summed E-state index contributed by atoms with van der Waals surface area (Å²) in [7, 11) is 1.89. The highest BCUT2D eigenvalue weighted by atomic mass is 16.3. The fourth-order valence-electron chi connectivity index (χ4n) is 1.25. The van der Waals surface area contributed by atoms with E-state index in [9.17, 15) is 5.11 Å². The second kappa shape index (κ2) is 5.55.